The Bertz CT molecular complexity index is 742. The van der Waals surface area contributed by atoms with Crippen LogP contribution in [0.25, 0.3) is 0 Å². The zero-order chi connectivity index (χ0) is 28.3. The molecule has 0 radical (unpaired) electrons. The summed E-state index contributed by atoms with van der Waals surface area (Å²) in [6.07, 6.45) is 39.1. The van der Waals surface area contributed by atoms with Crippen molar-refractivity contribution in [2.75, 3.05) is 0 Å². The van der Waals surface area contributed by atoms with Crippen LogP contribution in [0, 0.1) is 0 Å². The Morgan fingerprint density at radius 1 is 0.436 bits per heavy atom. The molecular weight excluding hydrogens is 500 g/mol. The topological polar surface area (TPSA) is 54.4 Å². The van der Waals surface area contributed by atoms with Gasteiger partial charge in [-0.1, -0.05) is 186 Å². The molecule has 0 aromatic heterocycles. The van der Waals surface area contributed by atoms with Crippen molar-refractivity contribution in [1.82, 2.24) is 0 Å². The maximum absolute atomic E-state index is 11.1. The van der Waals surface area contributed by atoms with Gasteiger partial charge in [0.2, 0.25) is 0 Å². The number of aryl methyl sites for hydroxylation is 1. The molecule has 228 valence electrons. The minimum absolute atomic E-state index is 0.0218. The summed E-state index contributed by atoms with van der Waals surface area (Å²) in [7, 11) is -4.08. The van der Waals surface area contributed by atoms with E-state index in [1.54, 1.807) is 0 Å². The van der Waals surface area contributed by atoms with E-state index in [1.165, 1.54) is 179 Å². The Morgan fingerprint density at radius 3 is 0.949 bits per heavy atom. The number of hydrogen-bond donors (Lipinski definition) is 1. The van der Waals surface area contributed by atoms with E-state index in [0.29, 0.717) is 0 Å². The molecule has 39 heavy (non-hydrogen) atoms. The molecule has 0 amide bonds. The lowest BCUT2D eigenvalue weighted by molar-refractivity contribution is 0.483. The molecule has 1 aromatic carbocycles. The van der Waals surface area contributed by atoms with E-state index >= 15 is 0 Å². The SMILES string of the molecule is CCCCCCCCCCCCCCCCCCCCCCCCCCCCCc1ccc(S(=O)(=O)O)cc1. The molecule has 0 bridgehead atoms. The Labute approximate surface area is 244 Å². The van der Waals surface area contributed by atoms with Crippen molar-refractivity contribution in [2.45, 2.75) is 192 Å². The Morgan fingerprint density at radius 2 is 0.692 bits per heavy atom. The minimum Gasteiger partial charge on any atom is -0.282 e. The fourth-order valence-electron chi connectivity index (χ4n) is 5.65. The zero-order valence-corrected chi connectivity index (χ0v) is 26.6. The van der Waals surface area contributed by atoms with Crippen molar-refractivity contribution in [3.05, 3.63) is 29.8 Å². The summed E-state index contributed by atoms with van der Waals surface area (Å²) < 4.78 is 31.2. The van der Waals surface area contributed by atoms with Crippen molar-refractivity contribution in [3.63, 3.8) is 0 Å². The van der Waals surface area contributed by atoms with E-state index in [2.05, 4.69) is 6.92 Å². The molecule has 0 atom stereocenters. The first kappa shape index (κ1) is 36.2. The third-order valence-corrected chi connectivity index (χ3v) is 9.16. The van der Waals surface area contributed by atoms with Gasteiger partial charge in [0, 0.05) is 0 Å². The number of rotatable bonds is 29. The summed E-state index contributed by atoms with van der Waals surface area (Å²) in [4.78, 5) is -0.0218. The van der Waals surface area contributed by atoms with Gasteiger partial charge in [-0.05, 0) is 30.5 Å². The summed E-state index contributed by atoms with van der Waals surface area (Å²) in [5.74, 6) is 0. The first-order valence-electron chi connectivity index (χ1n) is 17.1. The van der Waals surface area contributed by atoms with Crippen molar-refractivity contribution < 1.29 is 13.0 Å². The molecular formula is C35H64O3S. The first-order valence-corrected chi connectivity index (χ1v) is 18.5. The van der Waals surface area contributed by atoms with Gasteiger partial charge >= 0.3 is 0 Å². The highest BCUT2D eigenvalue weighted by molar-refractivity contribution is 7.85. The smallest absolute Gasteiger partial charge is 0.282 e. The van der Waals surface area contributed by atoms with Crippen LogP contribution < -0.4 is 0 Å². The lowest BCUT2D eigenvalue weighted by Crippen LogP contribution is -1.98. The second-order valence-electron chi connectivity index (χ2n) is 12.1. The number of benzene rings is 1. The van der Waals surface area contributed by atoms with Crippen molar-refractivity contribution in [2.24, 2.45) is 0 Å². The third kappa shape index (κ3) is 23.5. The Hall–Kier alpha value is -0.870. The molecule has 1 rings (SSSR count). The van der Waals surface area contributed by atoms with Crippen LogP contribution in [0.1, 0.15) is 186 Å². The summed E-state index contributed by atoms with van der Waals surface area (Å²) in [5, 5.41) is 0. The maximum Gasteiger partial charge on any atom is 0.294 e. The van der Waals surface area contributed by atoms with Crippen LogP contribution in [0.4, 0.5) is 0 Å². The average Bonchev–Trinajstić information content (AvgIpc) is 2.92. The van der Waals surface area contributed by atoms with E-state index in [-0.39, 0.29) is 4.90 Å². The van der Waals surface area contributed by atoms with Gasteiger partial charge in [0.25, 0.3) is 10.1 Å². The molecule has 0 saturated carbocycles. The molecule has 0 unspecified atom stereocenters. The molecule has 3 nitrogen and oxygen atoms in total. The minimum atomic E-state index is -4.08. The van der Waals surface area contributed by atoms with Gasteiger partial charge < -0.3 is 0 Å². The maximum atomic E-state index is 11.1. The quantitative estimate of drug-likeness (QED) is 0.0777. The molecule has 0 heterocycles. The largest absolute Gasteiger partial charge is 0.294 e. The van der Waals surface area contributed by atoms with Gasteiger partial charge in [-0.3, -0.25) is 4.55 Å². The standard InChI is InChI=1S/C35H64O3S/c1-2-3-4-5-6-7-8-9-10-11-12-13-14-15-16-17-18-19-20-21-22-23-24-25-26-27-28-29-34-30-32-35(33-31-34)39(36,37)38/h30-33H,2-29H2,1H3,(H,36,37,38). The Balaban J connectivity index is 1.71. The van der Waals surface area contributed by atoms with Crippen LogP contribution in [-0.2, 0) is 16.5 Å². The van der Waals surface area contributed by atoms with Gasteiger partial charge in [-0.15, -0.1) is 0 Å². The van der Waals surface area contributed by atoms with E-state index in [4.69, 9.17) is 4.55 Å². The van der Waals surface area contributed by atoms with Crippen LogP contribution in [0.15, 0.2) is 29.2 Å². The van der Waals surface area contributed by atoms with Crippen molar-refractivity contribution in [1.29, 1.82) is 0 Å². The van der Waals surface area contributed by atoms with Gasteiger partial charge in [0.1, 0.15) is 0 Å². The third-order valence-electron chi connectivity index (χ3n) is 8.29. The average molecular weight is 565 g/mol. The van der Waals surface area contributed by atoms with E-state index in [9.17, 15) is 8.42 Å². The molecule has 0 aliphatic heterocycles. The van der Waals surface area contributed by atoms with Gasteiger partial charge in [0.15, 0.2) is 0 Å². The Kier molecular flexibility index (Phi) is 24.2. The fourth-order valence-corrected chi connectivity index (χ4v) is 6.13. The van der Waals surface area contributed by atoms with Gasteiger partial charge in [-0.25, -0.2) is 0 Å². The highest BCUT2D eigenvalue weighted by atomic mass is 32.2. The molecule has 1 N–H and O–H groups in total. The summed E-state index contributed by atoms with van der Waals surface area (Å²) >= 11 is 0. The summed E-state index contributed by atoms with van der Waals surface area (Å²) in [6, 6.07) is 6.60. The number of hydrogen-bond acceptors (Lipinski definition) is 2. The zero-order valence-electron chi connectivity index (χ0n) is 25.8. The molecule has 0 saturated heterocycles. The normalized spacial score (nSPS) is 11.8. The van der Waals surface area contributed by atoms with Crippen LogP contribution in [-0.4, -0.2) is 13.0 Å². The first-order chi connectivity index (χ1) is 19.0. The molecule has 0 aliphatic carbocycles. The van der Waals surface area contributed by atoms with E-state index in [0.717, 1.165) is 18.4 Å². The lowest BCUT2D eigenvalue weighted by atomic mass is 10.0. The second-order valence-corrected chi connectivity index (χ2v) is 13.5. The molecule has 0 spiro atoms. The predicted molar refractivity (Wildman–Crippen MR) is 170 cm³/mol. The summed E-state index contributed by atoms with van der Waals surface area (Å²) in [5.41, 5.74) is 1.14. The monoisotopic (exact) mass is 564 g/mol. The fraction of sp³-hybridized carbons (Fsp3) is 0.829. The summed E-state index contributed by atoms with van der Waals surface area (Å²) in [6.45, 7) is 2.30. The van der Waals surface area contributed by atoms with Crippen LogP contribution in [0.5, 0.6) is 0 Å². The highest BCUT2D eigenvalue weighted by Crippen LogP contribution is 2.17. The van der Waals surface area contributed by atoms with E-state index in [1.807, 2.05) is 12.1 Å². The number of unbranched alkanes of at least 4 members (excludes halogenated alkanes) is 26. The second kappa shape index (κ2) is 26.1. The van der Waals surface area contributed by atoms with E-state index < -0.39 is 10.1 Å². The lowest BCUT2D eigenvalue weighted by Gasteiger charge is -2.05. The van der Waals surface area contributed by atoms with Gasteiger partial charge in [-0.2, -0.15) is 8.42 Å². The molecule has 0 aliphatic rings. The van der Waals surface area contributed by atoms with Crippen LogP contribution in [0.2, 0.25) is 0 Å². The van der Waals surface area contributed by atoms with Crippen LogP contribution in [0.3, 0.4) is 0 Å². The van der Waals surface area contributed by atoms with Crippen molar-refractivity contribution >= 4 is 10.1 Å². The highest BCUT2D eigenvalue weighted by Gasteiger charge is 2.08. The molecule has 0 fully saturated rings. The van der Waals surface area contributed by atoms with Gasteiger partial charge in [0.05, 0.1) is 4.90 Å². The predicted octanol–water partition coefficient (Wildman–Crippen LogP) is 12.0. The molecule has 1 aromatic rings. The molecule has 4 heteroatoms. The van der Waals surface area contributed by atoms with Crippen LogP contribution >= 0.6 is 0 Å². The van der Waals surface area contributed by atoms with Crippen molar-refractivity contribution in [3.8, 4) is 0 Å².